The second kappa shape index (κ2) is 6.48. The third-order valence-corrected chi connectivity index (χ3v) is 3.21. The van der Waals surface area contributed by atoms with E-state index in [1.54, 1.807) is 19.0 Å². The summed E-state index contributed by atoms with van der Waals surface area (Å²) in [5.74, 6) is -0.885. The average molecular weight is 263 g/mol. The average Bonchev–Trinajstić information content (AvgIpc) is 2.27. The maximum Gasteiger partial charge on any atom is 0.303 e. The molecule has 1 atom stereocenters. The molecule has 104 valence electrons. The van der Waals surface area contributed by atoms with Gasteiger partial charge < -0.3 is 5.11 Å². The van der Waals surface area contributed by atoms with E-state index in [4.69, 9.17) is 5.11 Å². The van der Waals surface area contributed by atoms with Gasteiger partial charge in [-0.15, -0.1) is 0 Å². The van der Waals surface area contributed by atoms with Gasteiger partial charge in [0.05, 0.1) is 6.04 Å². The maximum absolute atomic E-state index is 12.5. The molecule has 1 aromatic rings. The van der Waals surface area contributed by atoms with Crippen molar-refractivity contribution < 1.29 is 14.7 Å². The van der Waals surface area contributed by atoms with Gasteiger partial charge >= 0.3 is 5.97 Å². The van der Waals surface area contributed by atoms with E-state index in [1.165, 1.54) is 0 Å². The Balaban J connectivity index is 2.95. The van der Waals surface area contributed by atoms with Gasteiger partial charge in [0.1, 0.15) is 0 Å². The number of likely N-dealkylation sites (N-methyl/N-ethyl adjacent to an activating group) is 1. The van der Waals surface area contributed by atoms with Crippen molar-refractivity contribution in [3.05, 3.63) is 34.9 Å². The number of aliphatic carboxylic acids is 1. The van der Waals surface area contributed by atoms with Crippen molar-refractivity contribution in [1.82, 2.24) is 4.90 Å². The highest BCUT2D eigenvalue weighted by atomic mass is 16.4. The summed E-state index contributed by atoms with van der Waals surface area (Å²) in [7, 11) is 3.60. The largest absolute Gasteiger partial charge is 0.481 e. The molecule has 4 heteroatoms. The topological polar surface area (TPSA) is 57.6 Å². The number of Topliss-reactive ketones (excluding diaryl/α,β-unsaturated/α-hetero) is 1. The second-order valence-electron chi connectivity index (χ2n) is 5.09. The third-order valence-electron chi connectivity index (χ3n) is 3.21. The SMILES string of the molecule is Cc1ccc(C(=O)C(CCC(=O)O)N(C)C)c(C)c1. The normalized spacial score (nSPS) is 12.5. The van der Waals surface area contributed by atoms with Crippen LogP contribution in [0.4, 0.5) is 0 Å². The van der Waals surface area contributed by atoms with E-state index in [0.29, 0.717) is 12.0 Å². The summed E-state index contributed by atoms with van der Waals surface area (Å²) in [6.07, 6.45) is 0.327. The van der Waals surface area contributed by atoms with Gasteiger partial charge in [-0.3, -0.25) is 14.5 Å². The van der Waals surface area contributed by atoms with Gasteiger partial charge in [-0.2, -0.15) is 0 Å². The molecule has 1 unspecified atom stereocenters. The molecule has 1 N–H and O–H groups in total. The van der Waals surface area contributed by atoms with E-state index < -0.39 is 12.0 Å². The molecule has 0 saturated carbocycles. The molecule has 0 bridgehead atoms. The first kappa shape index (κ1) is 15.4. The highest BCUT2D eigenvalue weighted by molar-refractivity contribution is 6.01. The minimum atomic E-state index is -0.875. The molecule has 0 amide bonds. The zero-order valence-electron chi connectivity index (χ0n) is 11.9. The number of hydrogen-bond acceptors (Lipinski definition) is 3. The lowest BCUT2D eigenvalue weighted by Gasteiger charge is -2.23. The van der Waals surface area contributed by atoms with Crippen molar-refractivity contribution in [3.8, 4) is 0 Å². The molecule has 0 aliphatic carbocycles. The van der Waals surface area contributed by atoms with E-state index in [0.717, 1.165) is 11.1 Å². The van der Waals surface area contributed by atoms with Gasteiger partial charge in [-0.25, -0.2) is 0 Å². The van der Waals surface area contributed by atoms with Gasteiger partial charge in [0, 0.05) is 12.0 Å². The molecular formula is C15H21NO3. The van der Waals surface area contributed by atoms with Crippen molar-refractivity contribution in [2.24, 2.45) is 0 Å². The summed E-state index contributed by atoms with van der Waals surface area (Å²) >= 11 is 0. The molecular weight excluding hydrogens is 242 g/mol. The number of ketones is 1. The summed E-state index contributed by atoms with van der Waals surface area (Å²) in [4.78, 5) is 24.9. The van der Waals surface area contributed by atoms with Gasteiger partial charge in [-0.1, -0.05) is 23.8 Å². The smallest absolute Gasteiger partial charge is 0.303 e. The van der Waals surface area contributed by atoms with Gasteiger partial charge in [-0.05, 0) is 39.9 Å². The van der Waals surface area contributed by atoms with Crippen LogP contribution < -0.4 is 0 Å². The highest BCUT2D eigenvalue weighted by Gasteiger charge is 2.24. The van der Waals surface area contributed by atoms with Crippen LogP contribution in [0.15, 0.2) is 18.2 Å². The first-order valence-electron chi connectivity index (χ1n) is 6.32. The van der Waals surface area contributed by atoms with Crippen molar-refractivity contribution in [3.63, 3.8) is 0 Å². The summed E-state index contributed by atoms with van der Waals surface area (Å²) in [6, 6.07) is 5.31. The van der Waals surface area contributed by atoms with Crippen LogP contribution in [-0.2, 0) is 4.79 Å². The third kappa shape index (κ3) is 4.17. The number of hydrogen-bond donors (Lipinski definition) is 1. The molecule has 4 nitrogen and oxygen atoms in total. The van der Waals surface area contributed by atoms with E-state index in [1.807, 2.05) is 32.0 Å². The Morgan fingerprint density at radius 1 is 1.26 bits per heavy atom. The number of carboxylic acids is 1. The van der Waals surface area contributed by atoms with Crippen molar-refractivity contribution >= 4 is 11.8 Å². The predicted molar refractivity (Wildman–Crippen MR) is 74.6 cm³/mol. The number of benzene rings is 1. The Morgan fingerprint density at radius 2 is 1.89 bits per heavy atom. The molecule has 0 fully saturated rings. The van der Waals surface area contributed by atoms with Crippen LogP contribution in [0.2, 0.25) is 0 Å². The predicted octanol–water partition coefficient (Wildman–Crippen LogP) is 2.28. The lowest BCUT2D eigenvalue weighted by atomic mass is 9.95. The van der Waals surface area contributed by atoms with Crippen LogP contribution in [0.5, 0.6) is 0 Å². The minimum Gasteiger partial charge on any atom is -0.481 e. The Bertz CT molecular complexity index is 480. The Morgan fingerprint density at radius 3 is 2.37 bits per heavy atom. The Hall–Kier alpha value is -1.68. The minimum absolute atomic E-state index is 0.000500. The fraction of sp³-hybridized carbons (Fsp3) is 0.467. The maximum atomic E-state index is 12.5. The zero-order valence-corrected chi connectivity index (χ0v) is 11.9. The van der Waals surface area contributed by atoms with Crippen LogP contribution in [0.1, 0.15) is 34.3 Å². The number of aryl methyl sites for hydroxylation is 2. The monoisotopic (exact) mass is 263 g/mol. The van der Waals surface area contributed by atoms with Crippen LogP contribution in [0.3, 0.4) is 0 Å². The molecule has 0 aromatic heterocycles. The number of nitrogens with zero attached hydrogens (tertiary/aromatic N) is 1. The molecule has 0 spiro atoms. The molecule has 0 aliphatic rings. The van der Waals surface area contributed by atoms with Crippen LogP contribution in [0.25, 0.3) is 0 Å². The molecule has 0 radical (unpaired) electrons. The molecule has 0 aliphatic heterocycles. The molecule has 19 heavy (non-hydrogen) atoms. The van der Waals surface area contributed by atoms with Crippen molar-refractivity contribution in [1.29, 1.82) is 0 Å². The van der Waals surface area contributed by atoms with Crippen LogP contribution in [-0.4, -0.2) is 41.9 Å². The van der Waals surface area contributed by atoms with E-state index in [9.17, 15) is 9.59 Å². The fourth-order valence-corrected chi connectivity index (χ4v) is 2.15. The fourth-order valence-electron chi connectivity index (χ4n) is 2.15. The first-order chi connectivity index (χ1) is 8.82. The number of carbonyl (C=O) groups excluding carboxylic acids is 1. The van der Waals surface area contributed by atoms with Crippen molar-refractivity contribution in [2.75, 3.05) is 14.1 Å². The molecule has 1 rings (SSSR count). The van der Waals surface area contributed by atoms with Gasteiger partial charge in [0.25, 0.3) is 0 Å². The van der Waals surface area contributed by atoms with E-state index in [-0.39, 0.29) is 12.2 Å². The standard InChI is InChI=1S/C15H21NO3/c1-10-5-6-12(11(2)9-10)15(19)13(16(3)4)7-8-14(17)18/h5-6,9,13H,7-8H2,1-4H3,(H,17,18). The second-order valence-corrected chi connectivity index (χ2v) is 5.09. The summed E-state index contributed by atoms with van der Waals surface area (Å²) < 4.78 is 0. The Kier molecular flexibility index (Phi) is 5.24. The van der Waals surface area contributed by atoms with Gasteiger partial charge in [0.15, 0.2) is 5.78 Å². The van der Waals surface area contributed by atoms with Crippen LogP contribution >= 0.6 is 0 Å². The summed E-state index contributed by atoms with van der Waals surface area (Å²) in [6.45, 7) is 3.89. The van der Waals surface area contributed by atoms with Gasteiger partial charge in [0.2, 0.25) is 0 Å². The lowest BCUT2D eigenvalue weighted by Crippen LogP contribution is -2.36. The van der Waals surface area contributed by atoms with Crippen molar-refractivity contribution in [2.45, 2.75) is 32.7 Å². The first-order valence-corrected chi connectivity index (χ1v) is 6.32. The molecule has 0 heterocycles. The summed E-state index contributed by atoms with van der Waals surface area (Å²) in [5.41, 5.74) is 2.72. The molecule has 1 aromatic carbocycles. The Labute approximate surface area is 114 Å². The number of carbonyl (C=O) groups is 2. The van der Waals surface area contributed by atoms with Crippen LogP contribution in [0, 0.1) is 13.8 Å². The molecule has 0 saturated heterocycles. The zero-order chi connectivity index (χ0) is 14.6. The number of carboxylic acid groups (broad SMARTS) is 1. The quantitative estimate of drug-likeness (QED) is 0.800. The van der Waals surface area contributed by atoms with E-state index in [2.05, 4.69) is 0 Å². The summed E-state index contributed by atoms with van der Waals surface area (Å²) in [5, 5.41) is 8.76. The van der Waals surface area contributed by atoms with E-state index >= 15 is 0 Å². The lowest BCUT2D eigenvalue weighted by molar-refractivity contribution is -0.137. The number of rotatable bonds is 6. The highest BCUT2D eigenvalue weighted by Crippen LogP contribution is 2.17.